The summed E-state index contributed by atoms with van der Waals surface area (Å²) in [4.78, 5) is 37.0. The quantitative estimate of drug-likeness (QED) is 0.508. The van der Waals surface area contributed by atoms with E-state index in [1.165, 1.54) is 0 Å². The number of carboxylic acid groups (broad SMARTS) is 2. The van der Waals surface area contributed by atoms with Crippen LogP contribution in [0.4, 0.5) is 0 Å². The topological polar surface area (TPSA) is 154 Å². The Labute approximate surface area is 204 Å². The highest BCUT2D eigenvalue weighted by atomic mass is 32.2. The lowest BCUT2D eigenvalue weighted by molar-refractivity contribution is -0.159. The number of aliphatic carboxylic acids is 2. The second kappa shape index (κ2) is 13.4. The highest BCUT2D eigenvalue weighted by molar-refractivity contribution is 7.89. The molecular weight excluding hydrogens is 478 g/mol. The number of carbonyl (C=O) groups excluding carboxylic acids is 1. The molecule has 2 heterocycles. The number of carboxylic acids is 2. The summed E-state index contributed by atoms with van der Waals surface area (Å²) >= 11 is 0. The van der Waals surface area contributed by atoms with E-state index >= 15 is 0 Å². The van der Waals surface area contributed by atoms with Crippen molar-refractivity contribution in [2.45, 2.75) is 25.8 Å². The molecule has 35 heavy (non-hydrogen) atoms. The average molecular weight is 508 g/mol. The van der Waals surface area contributed by atoms with Crippen LogP contribution in [-0.4, -0.2) is 83.2 Å². The molecule has 0 saturated carbocycles. The molecule has 0 spiro atoms. The second-order valence-electron chi connectivity index (χ2n) is 7.71. The molecule has 0 bridgehead atoms. The lowest BCUT2D eigenvalue weighted by atomic mass is 10.1. The van der Waals surface area contributed by atoms with Gasteiger partial charge in [0.1, 0.15) is 5.75 Å². The van der Waals surface area contributed by atoms with Crippen LogP contribution in [-0.2, 0) is 26.2 Å². The summed E-state index contributed by atoms with van der Waals surface area (Å²) in [6.45, 7) is 1.53. The molecule has 1 amide bonds. The van der Waals surface area contributed by atoms with Gasteiger partial charge in [0.15, 0.2) is 0 Å². The summed E-state index contributed by atoms with van der Waals surface area (Å²) in [6, 6.07) is 10.6. The molecule has 190 valence electrons. The van der Waals surface area contributed by atoms with Gasteiger partial charge in [0.05, 0.1) is 12.9 Å². The van der Waals surface area contributed by atoms with Crippen molar-refractivity contribution in [3.63, 3.8) is 0 Å². The van der Waals surface area contributed by atoms with E-state index in [0.29, 0.717) is 30.9 Å². The first-order valence-corrected chi connectivity index (χ1v) is 12.5. The van der Waals surface area contributed by atoms with E-state index in [-0.39, 0.29) is 18.2 Å². The number of aromatic nitrogens is 1. The Bertz CT molecular complexity index is 1090. The fourth-order valence-corrected chi connectivity index (χ4v) is 4.92. The third-order valence-corrected chi connectivity index (χ3v) is 7.06. The van der Waals surface area contributed by atoms with Gasteiger partial charge in [0.2, 0.25) is 10.0 Å². The molecule has 0 aliphatic carbocycles. The van der Waals surface area contributed by atoms with Gasteiger partial charge in [-0.3, -0.25) is 9.78 Å². The van der Waals surface area contributed by atoms with E-state index in [0.717, 1.165) is 24.8 Å². The first-order chi connectivity index (χ1) is 16.6. The van der Waals surface area contributed by atoms with Crippen LogP contribution >= 0.6 is 0 Å². The average Bonchev–Trinajstić information content (AvgIpc) is 2.87. The van der Waals surface area contributed by atoms with Gasteiger partial charge in [-0.1, -0.05) is 18.6 Å². The van der Waals surface area contributed by atoms with Crippen LogP contribution in [0.5, 0.6) is 5.75 Å². The Kier molecular flexibility index (Phi) is 10.6. The number of rotatable bonds is 8. The van der Waals surface area contributed by atoms with Crippen LogP contribution in [0.1, 0.15) is 35.2 Å². The van der Waals surface area contributed by atoms with Crippen molar-refractivity contribution >= 4 is 27.9 Å². The monoisotopic (exact) mass is 507 g/mol. The van der Waals surface area contributed by atoms with Gasteiger partial charge in [-0.05, 0) is 42.7 Å². The Morgan fingerprint density at radius 3 is 2.31 bits per heavy atom. The van der Waals surface area contributed by atoms with E-state index in [2.05, 4.69) is 4.98 Å². The Balaban J connectivity index is 0.000000641. The second-order valence-corrected chi connectivity index (χ2v) is 9.79. The van der Waals surface area contributed by atoms with Gasteiger partial charge in [-0.15, -0.1) is 0 Å². The fraction of sp³-hybridized carbons (Fsp3) is 0.391. The predicted octanol–water partition coefficient (Wildman–Crippen LogP) is 1.70. The third kappa shape index (κ3) is 8.98. The Morgan fingerprint density at radius 1 is 1.06 bits per heavy atom. The van der Waals surface area contributed by atoms with Gasteiger partial charge in [-0.2, -0.15) is 0 Å². The number of hydrogen-bond donors (Lipinski definition) is 2. The van der Waals surface area contributed by atoms with Crippen LogP contribution in [0.15, 0.2) is 48.8 Å². The van der Waals surface area contributed by atoms with Crippen molar-refractivity contribution in [1.82, 2.24) is 14.2 Å². The molecule has 1 aliphatic rings. The highest BCUT2D eigenvalue weighted by Crippen LogP contribution is 2.18. The molecule has 1 aliphatic heterocycles. The molecule has 2 N–H and O–H groups in total. The number of carbonyl (C=O) groups is 3. The smallest absolute Gasteiger partial charge is 0.414 e. The van der Waals surface area contributed by atoms with E-state index in [9.17, 15) is 13.2 Å². The van der Waals surface area contributed by atoms with Crippen LogP contribution in [0, 0.1) is 0 Å². The van der Waals surface area contributed by atoms with Crippen molar-refractivity contribution in [3.8, 4) is 5.75 Å². The zero-order valence-electron chi connectivity index (χ0n) is 19.4. The molecule has 2 aromatic rings. The lowest BCUT2D eigenvalue weighted by Crippen LogP contribution is -2.41. The van der Waals surface area contributed by atoms with Crippen LogP contribution in [0.3, 0.4) is 0 Å². The summed E-state index contributed by atoms with van der Waals surface area (Å²) in [7, 11) is -1.86. The lowest BCUT2D eigenvalue weighted by Gasteiger charge is -2.28. The molecule has 0 radical (unpaired) electrons. The van der Waals surface area contributed by atoms with E-state index in [4.69, 9.17) is 24.5 Å². The summed E-state index contributed by atoms with van der Waals surface area (Å²) in [6.07, 6.45) is 6.19. The van der Waals surface area contributed by atoms with Crippen molar-refractivity contribution in [1.29, 1.82) is 0 Å². The molecule has 1 fully saturated rings. The van der Waals surface area contributed by atoms with E-state index in [1.807, 2.05) is 6.07 Å². The molecule has 11 nitrogen and oxygen atoms in total. The third-order valence-electron chi connectivity index (χ3n) is 5.21. The van der Waals surface area contributed by atoms with Crippen LogP contribution in [0.2, 0.25) is 0 Å². The van der Waals surface area contributed by atoms with E-state index in [1.54, 1.807) is 59.0 Å². The maximum atomic E-state index is 13.2. The first kappa shape index (κ1) is 27.7. The van der Waals surface area contributed by atoms with Gasteiger partial charge in [0.25, 0.3) is 5.91 Å². The number of nitrogens with zero attached hydrogens (tertiary/aromatic N) is 3. The van der Waals surface area contributed by atoms with Crippen molar-refractivity contribution in [2.24, 2.45) is 0 Å². The van der Waals surface area contributed by atoms with Gasteiger partial charge >= 0.3 is 11.9 Å². The van der Waals surface area contributed by atoms with Crippen LogP contribution in [0.25, 0.3) is 0 Å². The molecule has 12 heteroatoms. The Morgan fingerprint density at radius 2 is 1.74 bits per heavy atom. The fourth-order valence-electron chi connectivity index (χ4n) is 3.40. The zero-order valence-corrected chi connectivity index (χ0v) is 20.2. The van der Waals surface area contributed by atoms with Crippen molar-refractivity contribution in [2.75, 3.05) is 32.5 Å². The largest absolute Gasteiger partial charge is 0.497 e. The number of sulfonamides is 1. The highest BCUT2D eigenvalue weighted by Gasteiger charge is 2.26. The molecule has 0 unspecified atom stereocenters. The minimum Gasteiger partial charge on any atom is -0.497 e. The number of piperidine rings is 1. The maximum Gasteiger partial charge on any atom is 0.414 e. The van der Waals surface area contributed by atoms with Gasteiger partial charge in [0, 0.05) is 44.1 Å². The SMILES string of the molecule is COc1cccc(C(=O)N(CCS(=O)(=O)N2CCCCC2)Cc2cccnc2)c1.O=C(O)C(=O)O. The normalized spacial score (nSPS) is 13.7. The predicted molar refractivity (Wildman–Crippen MR) is 126 cm³/mol. The molecule has 1 saturated heterocycles. The summed E-state index contributed by atoms with van der Waals surface area (Å²) in [5.41, 5.74) is 1.31. The number of methoxy groups -OCH3 is 1. The zero-order chi connectivity index (χ0) is 25.8. The molecule has 1 aromatic heterocycles. The number of hydrogen-bond acceptors (Lipinski definition) is 7. The summed E-state index contributed by atoms with van der Waals surface area (Å²) in [5.74, 6) is -3.40. The van der Waals surface area contributed by atoms with Crippen molar-refractivity contribution < 1.29 is 37.8 Å². The Hall–Kier alpha value is -3.51. The van der Waals surface area contributed by atoms with E-state index < -0.39 is 22.0 Å². The number of pyridine rings is 1. The van der Waals surface area contributed by atoms with Gasteiger partial charge in [-0.25, -0.2) is 22.3 Å². The molecule has 0 atom stereocenters. The first-order valence-electron chi connectivity index (χ1n) is 10.9. The van der Waals surface area contributed by atoms with Crippen molar-refractivity contribution in [3.05, 3.63) is 59.9 Å². The molecule has 1 aromatic carbocycles. The van der Waals surface area contributed by atoms with Crippen LogP contribution < -0.4 is 4.74 Å². The summed E-state index contributed by atoms with van der Waals surface area (Å²) < 4.78 is 32.3. The number of amides is 1. The minimum absolute atomic E-state index is 0.0943. The minimum atomic E-state index is -3.40. The molecule has 3 rings (SSSR count). The number of benzene rings is 1. The standard InChI is InChI=1S/C21H27N3O4S.C2H2O4/c1-28-20-9-5-8-19(15-20)21(25)23(17-18-7-6-10-22-16-18)13-14-29(26,27)24-11-3-2-4-12-24;3-1(4)2(5)6/h5-10,15-16H,2-4,11-14,17H2,1H3;(H,3,4)(H,5,6). The molecular formula is C23H29N3O8S. The maximum absolute atomic E-state index is 13.2. The summed E-state index contributed by atoms with van der Waals surface area (Å²) in [5, 5.41) is 14.8. The van der Waals surface area contributed by atoms with Gasteiger partial charge < -0.3 is 19.8 Å². The number of ether oxygens (including phenoxy) is 1.